The van der Waals surface area contributed by atoms with Crippen LogP contribution in [0.3, 0.4) is 0 Å². The Morgan fingerprint density at radius 1 is 1.00 bits per heavy atom. The monoisotopic (exact) mass is 374 g/mol. The van der Waals surface area contributed by atoms with E-state index in [1.165, 1.54) is 0 Å². The second kappa shape index (κ2) is 6.23. The van der Waals surface area contributed by atoms with E-state index >= 15 is 0 Å². The molecule has 0 saturated carbocycles. The molecular weight excluding hydrogens is 356 g/mol. The van der Waals surface area contributed by atoms with Crippen molar-refractivity contribution in [1.29, 1.82) is 0 Å². The highest BCUT2D eigenvalue weighted by Crippen LogP contribution is 2.38. The summed E-state index contributed by atoms with van der Waals surface area (Å²) in [5.41, 5.74) is 3.74. The zero-order valence-electron chi connectivity index (χ0n) is 15.0. The van der Waals surface area contributed by atoms with E-state index in [-0.39, 0.29) is 29.7 Å². The van der Waals surface area contributed by atoms with Gasteiger partial charge in [-0.1, -0.05) is 18.2 Å². The third-order valence-electron chi connectivity index (χ3n) is 5.38. The zero-order chi connectivity index (χ0) is 19.3. The molecule has 0 aliphatic carbocycles. The molecule has 1 unspecified atom stereocenters. The Kier molecular flexibility index (Phi) is 3.68. The third-order valence-corrected chi connectivity index (χ3v) is 5.38. The van der Waals surface area contributed by atoms with Gasteiger partial charge >= 0.3 is 6.03 Å². The maximum Gasteiger partial charge on any atom is 0.321 e. The maximum atomic E-state index is 12.5. The number of carbonyl (C=O) groups excluding carboxylic acids is 2. The number of urea groups is 1. The molecule has 2 aromatic carbocycles. The number of carbonyl (C=O) groups is 2. The Balaban J connectivity index is 1.60. The van der Waals surface area contributed by atoms with Crippen molar-refractivity contribution in [1.82, 2.24) is 10.3 Å². The smallest absolute Gasteiger partial charge is 0.321 e. The fourth-order valence-corrected chi connectivity index (χ4v) is 4.02. The number of aromatic nitrogens is 1. The third kappa shape index (κ3) is 2.63. The van der Waals surface area contributed by atoms with Crippen LogP contribution < -0.4 is 21.0 Å². The van der Waals surface area contributed by atoms with Gasteiger partial charge in [0.2, 0.25) is 5.91 Å². The highest BCUT2D eigenvalue weighted by molar-refractivity contribution is 5.98. The van der Waals surface area contributed by atoms with Crippen molar-refractivity contribution in [3.8, 4) is 0 Å². The second-order valence-electron chi connectivity index (χ2n) is 7.09. The largest absolute Gasteiger partial charge is 0.358 e. The van der Waals surface area contributed by atoms with E-state index in [0.29, 0.717) is 29.9 Å². The first-order chi connectivity index (χ1) is 13.6. The minimum Gasteiger partial charge on any atom is -0.358 e. The van der Waals surface area contributed by atoms with Crippen LogP contribution in [0.2, 0.25) is 0 Å². The number of pyridine rings is 1. The molecule has 0 bridgehead atoms. The topological polar surface area (TPSA) is 94.3 Å². The average Bonchev–Trinajstić information content (AvgIpc) is 3.12. The summed E-state index contributed by atoms with van der Waals surface area (Å²) in [5, 5.41) is 6.30. The Hall–Kier alpha value is -3.61. The van der Waals surface area contributed by atoms with Gasteiger partial charge in [0.15, 0.2) is 5.43 Å². The highest BCUT2D eigenvalue weighted by atomic mass is 16.2. The number of anilines is 2. The highest BCUT2D eigenvalue weighted by Gasteiger charge is 2.29. The van der Waals surface area contributed by atoms with Crippen molar-refractivity contribution < 1.29 is 9.59 Å². The van der Waals surface area contributed by atoms with Crippen LogP contribution in [-0.2, 0) is 4.79 Å². The first kappa shape index (κ1) is 16.6. The number of fused-ring (bicyclic) bond motifs is 2. The van der Waals surface area contributed by atoms with Gasteiger partial charge in [-0.25, -0.2) is 4.79 Å². The van der Waals surface area contributed by atoms with Gasteiger partial charge in [0.25, 0.3) is 0 Å². The molecule has 1 atom stereocenters. The van der Waals surface area contributed by atoms with Gasteiger partial charge in [0.1, 0.15) is 0 Å². The average molecular weight is 374 g/mol. The van der Waals surface area contributed by atoms with Crippen LogP contribution in [0, 0.1) is 0 Å². The van der Waals surface area contributed by atoms with E-state index in [4.69, 9.17) is 0 Å². The fraction of sp³-hybridized carbons (Fsp3) is 0.190. The number of aromatic amines is 1. The van der Waals surface area contributed by atoms with Gasteiger partial charge in [-0.2, -0.15) is 0 Å². The number of nitrogens with one attached hydrogen (secondary N) is 3. The SMILES string of the molecule is O=C1CC(c2cc(=O)c3ccccc3[nH]2)c2ccc(N3CCNC3=O)cc2N1. The van der Waals surface area contributed by atoms with Crippen molar-refractivity contribution in [3.63, 3.8) is 0 Å². The maximum absolute atomic E-state index is 12.5. The van der Waals surface area contributed by atoms with Gasteiger partial charge in [-0.05, 0) is 29.8 Å². The van der Waals surface area contributed by atoms with Crippen molar-refractivity contribution in [2.45, 2.75) is 12.3 Å². The Morgan fingerprint density at radius 3 is 2.68 bits per heavy atom. The van der Waals surface area contributed by atoms with E-state index in [1.807, 2.05) is 36.4 Å². The number of hydrogen-bond donors (Lipinski definition) is 3. The molecular formula is C21H18N4O3. The molecule has 5 rings (SSSR count). The molecule has 2 aliphatic heterocycles. The predicted molar refractivity (Wildman–Crippen MR) is 107 cm³/mol. The minimum atomic E-state index is -0.248. The van der Waals surface area contributed by atoms with Crippen LogP contribution in [0.5, 0.6) is 0 Å². The molecule has 0 radical (unpaired) electrons. The number of para-hydroxylation sites is 1. The number of H-pyrrole nitrogens is 1. The lowest BCUT2D eigenvalue weighted by Gasteiger charge is -2.27. The van der Waals surface area contributed by atoms with Crippen molar-refractivity contribution in [3.05, 3.63) is 70.0 Å². The molecule has 1 fully saturated rings. The summed E-state index contributed by atoms with van der Waals surface area (Å²) < 4.78 is 0. The lowest BCUT2D eigenvalue weighted by molar-refractivity contribution is -0.116. The lowest BCUT2D eigenvalue weighted by atomic mass is 9.87. The van der Waals surface area contributed by atoms with Gasteiger partial charge in [-0.15, -0.1) is 0 Å². The molecule has 3 amide bonds. The van der Waals surface area contributed by atoms with Crippen molar-refractivity contribution in [2.24, 2.45) is 0 Å². The molecule has 3 aromatic rings. The molecule has 2 aliphatic rings. The lowest BCUT2D eigenvalue weighted by Crippen LogP contribution is -2.29. The number of nitrogens with zero attached hydrogens (tertiary/aromatic N) is 1. The van der Waals surface area contributed by atoms with Crippen molar-refractivity contribution in [2.75, 3.05) is 23.3 Å². The van der Waals surface area contributed by atoms with Crippen LogP contribution in [0.4, 0.5) is 16.2 Å². The quantitative estimate of drug-likeness (QED) is 0.643. The number of amides is 3. The molecule has 1 aromatic heterocycles. The van der Waals surface area contributed by atoms with Crippen LogP contribution in [0.15, 0.2) is 53.3 Å². The Labute approximate surface area is 160 Å². The second-order valence-corrected chi connectivity index (χ2v) is 7.09. The summed E-state index contributed by atoms with van der Waals surface area (Å²) in [6.07, 6.45) is 0.255. The Bertz CT molecular complexity index is 1180. The van der Waals surface area contributed by atoms with Crippen LogP contribution in [0.25, 0.3) is 10.9 Å². The zero-order valence-corrected chi connectivity index (χ0v) is 15.0. The Morgan fingerprint density at radius 2 is 1.86 bits per heavy atom. The van der Waals surface area contributed by atoms with Gasteiger partial charge in [0.05, 0.1) is 0 Å². The number of benzene rings is 2. The molecule has 0 spiro atoms. The molecule has 3 heterocycles. The standard InChI is InChI=1S/C21H18N4O3/c26-19-11-18(23-16-4-2-1-3-14(16)19)15-10-20(27)24-17-9-12(5-6-13(15)17)25-8-7-22-21(25)28/h1-6,9,11,15H,7-8,10H2,(H,22,28)(H,23,26)(H,24,27). The van der Waals surface area contributed by atoms with Crippen LogP contribution in [-0.4, -0.2) is 30.0 Å². The summed E-state index contributed by atoms with van der Waals surface area (Å²) >= 11 is 0. The van der Waals surface area contributed by atoms with Crippen LogP contribution in [0.1, 0.15) is 23.6 Å². The fourth-order valence-electron chi connectivity index (χ4n) is 4.02. The van der Waals surface area contributed by atoms with Gasteiger partial charge in [0, 0.05) is 59.5 Å². The van der Waals surface area contributed by atoms with E-state index < -0.39 is 0 Å². The molecule has 1 saturated heterocycles. The summed E-state index contributed by atoms with van der Waals surface area (Å²) in [5.74, 6) is -0.364. The predicted octanol–water partition coefficient (Wildman–Crippen LogP) is 2.53. The normalized spacial score (nSPS) is 18.7. The van der Waals surface area contributed by atoms with E-state index in [1.54, 1.807) is 17.0 Å². The summed E-state index contributed by atoms with van der Waals surface area (Å²) in [7, 11) is 0. The van der Waals surface area contributed by atoms with E-state index in [2.05, 4.69) is 15.6 Å². The number of rotatable bonds is 2. The molecule has 3 N–H and O–H groups in total. The molecule has 28 heavy (non-hydrogen) atoms. The minimum absolute atomic E-state index is 0.0674. The molecule has 7 nitrogen and oxygen atoms in total. The molecule has 7 heteroatoms. The first-order valence-corrected chi connectivity index (χ1v) is 9.21. The van der Waals surface area contributed by atoms with Gasteiger partial charge < -0.3 is 15.6 Å². The van der Waals surface area contributed by atoms with E-state index in [0.717, 1.165) is 16.8 Å². The van der Waals surface area contributed by atoms with Crippen molar-refractivity contribution >= 4 is 34.2 Å². The first-order valence-electron chi connectivity index (χ1n) is 9.21. The van der Waals surface area contributed by atoms with Gasteiger partial charge in [-0.3, -0.25) is 14.5 Å². The summed E-state index contributed by atoms with van der Waals surface area (Å²) in [4.78, 5) is 41.8. The molecule has 140 valence electrons. The number of hydrogen-bond acceptors (Lipinski definition) is 3. The van der Waals surface area contributed by atoms with E-state index in [9.17, 15) is 14.4 Å². The van der Waals surface area contributed by atoms with Crippen LogP contribution >= 0.6 is 0 Å². The summed E-state index contributed by atoms with van der Waals surface area (Å²) in [6, 6.07) is 14.4. The summed E-state index contributed by atoms with van der Waals surface area (Å²) in [6.45, 7) is 1.19.